The van der Waals surface area contributed by atoms with Gasteiger partial charge in [0.2, 0.25) is 0 Å². The summed E-state index contributed by atoms with van der Waals surface area (Å²) in [6.07, 6.45) is 0.969. The molecule has 1 aromatic heterocycles. The van der Waals surface area contributed by atoms with Gasteiger partial charge in [0, 0.05) is 16.6 Å². The molecule has 26 heavy (non-hydrogen) atoms. The first-order chi connectivity index (χ1) is 12.7. The number of aryl methyl sites for hydroxylation is 2. The van der Waals surface area contributed by atoms with Crippen molar-refractivity contribution in [1.29, 1.82) is 0 Å². The molecule has 3 aromatic carbocycles. The Balaban J connectivity index is 1.87. The van der Waals surface area contributed by atoms with Crippen LogP contribution in [-0.4, -0.2) is 9.97 Å². The average molecular weight is 339 g/mol. The number of para-hydroxylation sites is 2. The van der Waals surface area contributed by atoms with Crippen LogP contribution in [0, 0.1) is 6.92 Å². The van der Waals surface area contributed by atoms with Crippen molar-refractivity contribution in [3.63, 3.8) is 0 Å². The first-order valence-corrected chi connectivity index (χ1v) is 8.93. The quantitative estimate of drug-likeness (QED) is 0.502. The zero-order valence-electron chi connectivity index (χ0n) is 15.0. The number of hydrogen-bond acceptors (Lipinski definition) is 3. The van der Waals surface area contributed by atoms with Crippen molar-refractivity contribution in [2.24, 2.45) is 0 Å². The Morgan fingerprint density at radius 1 is 0.846 bits per heavy atom. The second kappa shape index (κ2) is 6.96. The summed E-state index contributed by atoms with van der Waals surface area (Å²) in [4.78, 5) is 9.64. The van der Waals surface area contributed by atoms with E-state index in [0.717, 1.165) is 40.2 Å². The maximum atomic E-state index is 4.86. The van der Waals surface area contributed by atoms with Crippen LogP contribution < -0.4 is 5.32 Å². The third kappa shape index (κ3) is 3.16. The molecule has 0 amide bonds. The van der Waals surface area contributed by atoms with Crippen molar-refractivity contribution >= 4 is 22.4 Å². The van der Waals surface area contributed by atoms with Gasteiger partial charge in [-0.1, -0.05) is 61.0 Å². The Morgan fingerprint density at radius 3 is 2.50 bits per heavy atom. The molecule has 0 radical (unpaired) electrons. The fourth-order valence-electron chi connectivity index (χ4n) is 3.16. The van der Waals surface area contributed by atoms with Crippen LogP contribution >= 0.6 is 0 Å². The summed E-state index contributed by atoms with van der Waals surface area (Å²) < 4.78 is 0. The van der Waals surface area contributed by atoms with Gasteiger partial charge in [0.05, 0.1) is 5.52 Å². The summed E-state index contributed by atoms with van der Waals surface area (Å²) >= 11 is 0. The van der Waals surface area contributed by atoms with Crippen molar-refractivity contribution in [2.45, 2.75) is 20.3 Å². The van der Waals surface area contributed by atoms with Gasteiger partial charge in [-0.2, -0.15) is 0 Å². The van der Waals surface area contributed by atoms with Gasteiger partial charge in [0.25, 0.3) is 0 Å². The molecular weight excluding hydrogens is 318 g/mol. The van der Waals surface area contributed by atoms with Crippen LogP contribution in [0.2, 0.25) is 0 Å². The number of hydrogen-bond donors (Lipinski definition) is 1. The van der Waals surface area contributed by atoms with Gasteiger partial charge in [0.1, 0.15) is 5.82 Å². The molecule has 0 aliphatic heterocycles. The third-order valence-electron chi connectivity index (χ3n) is 4.53. The minimum Gasteiger partial charge on any atom is -0.339 e. The summed E-state index contributed by atoms with van der Waals surface area (Å²) in [5.41, 5.74) is 5.53. The largest absolute Gasteiger partial charge is 0.339 e. The van der Waals surface area contributed by atoms with Crippen molar-refractivity contribution in [1.82, 2.24) is 9.97 Å². The summed E-state index contributed by atoms with van der Waals surface area (Å²) in [6.45, 7) is 4.25. The molecule has 4 rings (SSSR count). The van der Waals surface area contributed by atoms with Gasteiger partial charge in [0.15, 0.2) is 5.82 Å². The Kier molecular flexibility index (Phi) is 4.36. The molecule has 3 heteroatoms. The zero-order chi connectivity index (χ0) is 17.9. The lowest BCUT2D eigenvalue weighted by Gasteiger charge is -2.13. The summed E-state index contributed by atoms with van der Waals surface area (Å²) in [5.74, 6) is 1.58. The molecule has 0 atom stereocenters. The molecular formula is C23H21N3. The van der Waals surface area contributed by atoms with Gasteiger partial charge in [-0.25, -0.2) is 9.97 Å². The molecule has 1 heterocycles. The van der Waals surface area contributed by atoms with Gasteiger partial charge in [-0.3, -0.25) is 0 Å². The first-order valence-electron chi connectivity index (χ1n) is 8.93. The highest BCUT2D eigenvalue weighted by molar-refractivity contribution is 5.92. The van der Waals surface area contributed by atoms with E-state index in [9.17, 15) is 0 Å². The highest BCUT2D eigenvalue weighted by Crippen LogP contribution is 2.29. The van der Waals surface area contributed by atoms with Crippen LogP contribution in [-0.2, 0) is 6.42 Å². The monoisotopic (exact) mass is 339 g/mol. The number of aromatic nitrogens is 2. The normalized spacial score (nSPS) is 10.8. The van der Waals surface area contributed by atoms with Gasteiger partial charge < -0.3 is 5.32 Å². The predicted molar refractivity (Wildman–Crippen MR) is 109 cm³/mol. The molecule has 0 saturated carbocycles. The topological polar surface area (TPSA) is 37.8 Å². The fraction of sp³-hybridized carbons (Fsp3) is 0.130. The maximum Gasteiger partial charge on any atom is 0.162 e. The summed E-state index contributed by atoms with van der Waals surface area (Å²) in [6, 6.07) is 24.8. The first kappa shape index (κ1) is 16.3. The minimum absolute atomic E-state index is 0.740. The zero-order valence-corrected chi connectivity index (χ0v) is 15.0. The number of rotatable bonds is 4. The van der Waals surface area contributed by atoms with E-state index in [1.165, 1.54) is 11.1 Å². The fourth-order valence-corrected chi connectivity index (χ4v) is 3.16. The number of benzene rings is 3. The third-order valence-corrected chi connectivity index (χ3v) is 4.53. The van der Waals surface area contributed by atoms with Gasteiger partial charge in [-0.05, 0) is 43.2 Å². The Bertz CT molecular complexity index is 1070. The van der Waals surface area contributed by atoms with E-state index in [1.807, 2.05) is 30.3 Å². The molecule has 0 spiro atoms. The Morgan fingerprint density at radius 2 is 1.65 bits per heavy atom. The van der Waals surface area contributed by atoms with E-state index >= 15 is 0 Å². The standard InChI is InChI=1S/C23H21N3/c1-3-17-10-4-6-13-20(17)24-23-19-12-5-7-14-21(19)25-22(26-23)18-11-8-9-16(2)15-18/h4-15H,3H2,1-2H3,(H,24,25,26). The van der Waals surface area contributed by atoms with E-state index in [4.69, 9.17) is 9.97 Å². The lowest BCUT2D eigenvalue weighted by Crippen LogP contribution is -2.01. The molecule has 0 unspecified atom stereocenters. The Labute approximate surface area is 153 Å². The Hall–Kier alpha value is -3.20. The second-order valence-corrected chi connectivity index (χ2v) is 6.42. The molecule has 4 aromatic rings. The van der Waals surface area contributed by atoms with Crippen LogP contribution in [0.15, 0.2) is 72.8 Å². The van der Waals surface area contributed by atoms with Crippen molar-refractivity contribution in [3.8, 4) is 11.4 Å². The van der Waals surface area contributed by atoms with E-state index in [2.05, 4.69) is 61.6 Å². The van der Waals surface area contributed by atoms with Crippen LogP contribution in [0.5, 0.6) is 0 Å². The van der Waals surface area contributed by atoms with Crippen molar-refractivity contribution in [3.05, 3.63) is 83.9 Å². The summed E-state index contributed by atoms with van der Waals surface area (Å²) in [7, 11) is 0. The number of fused-ring (bicyclic) bond motifs is 1. The average Bonchev–Trinajstić information content (AvgIpc) is 2.68. The molecule has 0 bridgehead atoms. The summed E-state index contributed by atoms with van der Waals surface area (Å²) in [5, 5.41) is 4.56. The predicted octanol–water partition coefficient (Wildman–Crippen LogP) is 5.91. The minimum atomic E-state index is 0.740. The van der Waals surface area contributed by atoms with Crippen LogP contribution in [0.3, 0.4) is 0 Å². The smallest absolute Gasteiger partial charge is 0.162 e. The van der Waals surface area contributed by atoms with Crippen LogP contribution in [0.25, 0.3) is 22.3 Å². The molecule has 0 aliphatic rings. The molecule has 0 aliphatic carbocycles. The number of anilines is 2. The van der Waals surface area contributed by atoms with E-state index in [-0.39, 0.29) is 0 Å². The molecule has 1 N–H and O–H groups in total. The maximum absolute atomic E-state index is 4.86. The SMILES string of the molecule is CCc1ccccc1Nc1nc(-c2cccc(C)c2)nc2ccccc12. The van der Waals surface area contributed by atoms with Crippen molar-refractivity contribution in [2.75, 3.05) is 5.32 Å². The molecule has 0 saturated heterocycles. The lowest BCUT2D eigenvalue weighted by molar-refractivity contribution is 1.14. The molecule has 3 nitrogen and oxygen atoms in total. The van der Waals surface area contributed by atoms with Crippen LogP contribution in [0.4, 0.5) is 11.5 Å². The second-order valence-electron chi connectivity index (χ2n) is 6.42. The lowest BCUT2D eigenvalue weighted by atomic mass is 10.1. The van der Waals surface area contributed by atoms with E-state index in [1.54, 1.807) is 0 Å². The van der Waals surface area contributed by atoms with Crippen molar-refractivity contribution < 1.29 is 0 Å². The van der Waals surface area contributed by atoms with Crippen LogP contribution in [0.1, 0.15) is 18.1 Å². The highest BCUT2D eigenvalue weighted by atomic mass is 15.0. The number of nitrogens with one attached hydrogen (secondary N) is 1. The molecule has 128 valence electrons. The van der Waals surface area contributed by atoms with Gasteiger partial charge >= 0.3 is 0 Å². The highest BCUT2D eigenvalue weighted by Gasteiger charge is 2.11. The van der Waals surface area contributed by atoms with Gasteiger partial charge in [-0.15, -0.1) is 0 Å². The number of nitrogens with zero attached hydrogens (tertiary/aromatic N) is 2. The van der Waals surface area contributed by atoms with E-state index < -0.39 is 0 Å². The van der Waals surface area contributed by atoms with E-state index in [0.29, 0.717) is 0 Å². The molecule has 0 fully saturated rings.